The quantitative estimate of drug-likeness (QED) is 0.265. The minimum absolute atomic E-state index is 0.182. The van der Waals surface area contributed by atoms with Crippen molar-refractivity contribution in [2.45, 2.75) is 30.0 Å². The average Bonchev–Trinajstić information content (AvgIpc) is 2.87. The van der Waals surface area contributed by atoms with Crippen LogP contribution in [0.15, 0.2) is 36.4 Å². The monoisotopic (exact) mass is 572 g/mol. The number of hydrogen-bond donors (Lipinski definition) is 5. The van der Waals surface area contributed by atoms with E-state index < -0.39 is 81.5 Å². The van der Waals surface area contributed by atoms with Gasteiger partial charge in [-0.05, 0) is 61.8 Å². The van der Waals surface area contributed by atoms with Crippen molar-refractivity contribution in [3.63, 3.8) is 0 Å². The molecule has 13 nitrogen and oxygen atoms in total. The van der Waals surface area contributed by atoms with E-state index in [2.05, 4.69) is 0 Å². The number of Topliss-reactive ketones (excluding diaryl/α,β-unsaturated/α-hetero) is 4. The zero-order valence-corrected chi connectivity index (χ0v) is 22.7. The Labute approximate surface area is 239 Å². The molecule has 3 aliphatic carbocycles. The SMILES string of the molecule is CN(C)[C@@H]1C(=O)C(C(N)=O)C(=O)[C@@]2(C#N)C(=O)C3C(=O)c4c(O)ccc(-c5cccc(C(N)=O)c5)c4C[C@@]3(N)C[C@@]12N. The molecule has 0 spiro atoms. The van der Waals surface area contributed by atoms with E-state index >= 15 is 0 Å². The first kappa shape index (κ1) is 28.7. The van der Waals surface area contributed by atoms with E-state index in [4.69, 9.17) is 22.9 Å². The fourth-order valence-corrected chi connectivity index (χ4v) is 7.32. The molecule has 9 N–H and O–H groups in total. The van der Waals surface area contributed by atoms with Crippen molar-refractivity contribution in [2.24, 2.45) is 40.2 Å². The van der Waals surface area contributed by atoms with Crippen molar-refractivity contribution < 1.29 is 33.9 Å². The van der Waals surface area contributed by atoms with Crippen LogP contribution in [-0.2, 0) is 25.6 Å². The molecule has 13 heteroatoms. The molecule has 0 aromatic heterocycles. The van der Waals surface area contributed by atoms with Crippen LogP contribution in [0.2, 0.25) is 0 Å². The van der Waals surface area contributed by atoms with E-state index in [0.717, 1.165) is 0 Å². The third-order valence-electron chi connectivity index (χ3n) is 8.93. The van der Waals surface area contributed by atoms with E-state index in [1.807, 2.05) is 0 Å². The van der Waals surface area contributed by atoms with Crippen molar-refractivity contribution in [2.75, 3.05) is 14.1 Å². The number of likely N-dealkylation sites (N-methyl/N-ethyl adjacent to an activating group) is 1. The number of nitrogens with zero attached hydrogens (tertiary/aromatic N) is 2. The Morgan fingerprint density at radius 1 is 1.05 bits per heavy atom. The number of nitrogens with two attached hydrogens (primary N) is 4. The second kappa shape index (κ2) is 9.12. The summed E-state index contributed by atoms with van der Waals surface area (Å²) in [6.07, 6.45) is -0.769. The fraction of sp³-hybridized carbons (Fsp3) is 0.345. The van der Waals surface area contributed by atoms with Gasteiger partial charge in [0, 0.05) is 11.1 Å². The molecule has 3 aliphatic rings. The van der Waals surface area contributed by atoms with E-state index in [-0.39, 0.29) is 23.1 Å². The standard InChI is InChI=1S/C29H28N6O7/c1-35(2)22-21(38)18(26(32)42)23(39)28(11-30)24(40)19-20(37)17-15(9-27(19,33)10-29(22,28)34)14(6-7-16(17)36)12-4-3-5-13(8-12)25(31)41/h3-8,18-19,22,36H,9-10,33-34H2,1-2H3,(H2,31,41)(H2,32,42)/t18?,19?,22-,27-,28+,29-/m1/s1. The minimum Gasteiger partial charge on any atom is -0.507 e. The lowest BCUT2D eigenvalue weighted by Crippen LogP contribution is -2.85. The number of carbonyl (C=O) groups excluding carboxylic acids is 6. The zero-order valence-electron chi connectivity index (χ0n) is 22.7. The molecule has 6 atom stereocenters. The maximum absolute atomic E-state index is 14.4. The fourth-order valence-electron chi connectivity index (χ4n) is 7.32. The lowest BCUT2D eigenvalue weighted by atomic mass is 9.42. The lowest BCUT2D eigenvalue weighted by molar-refractivity contribution is -0.166. The first-order valence-electron chi connectivity index (χ1n) is 12.9. The molecular weight excluding hydrogens is 544 g/mol. The van der Waals surface area contributed by atoms with E-state index in [1.165, 1.54) is 43.3 Å². The van der Waals surface area contributed by atoms with Gasteiger partial charge in [-0.1, -0.05) is 18.2 Å². The second-order valence-corrected chi connectivity index (χ2v) is 11.5. The zero-order chi connectivity index (χ0) is 31.1. The van der Waals surface area contributed by atoms with Gasteiger partial charge in [-0.25, -0.2) is 0 Å². The smallest absolute Gasteiger partial charge is 0.248 e. The lowest BCUT2D eigenvalue weighted by Gasteiger charge is -2.60. The highest BCUT2D eigenvalue weighted by molar-refractivity contribution is 6.33. The molecule has 0 aliphatic heterocycles. The molecule has 0 heterocycles. The van der Waals surface area contributed by atoms with Gasteiger partial charge in [-0.2, -0.15) is 5.26 Å². The maximum atomic E-state index is 14.4. The van der Waals surface area contributed by atoms with Crippen molar-refractivity contribution in [3.05, 3.63) is 53.1 Å². The van der Waals surface area contributed by atoms with Crippen LogP contribution in [0.25, 0.3) is 11.1 Å². The molecule has 5 rings (SSSR count). The molecule has 0 bridgehead atoms. The predicted octanol–water partition coefficient (Wildman–Crippen LogP) is -1.43. The van der Waals surface area contributed by atoms with Crippen LogP contribution in [0.4, 0.5) is 0 Å². The summed E-state index contributed by atoms with van der Waals surface area (Å²) in [6.45, 7) is 0. The van der Waals surface area contributed by atoms with Crippen LogP contribution in [0.1, 0.15) is 32.7 Å². The van der Waals surface area contributed by atoms with Gasteiger partial charge in [0.25, 0.3) is 0 Å². The Bertz CT molecular complexity index is 1700. The van der Waals surface area contributed by atoms with Crippen LogP contribution in [0.5, 0.6) is 5.75 Å². The van der Waals surface area contributed by atoms with Crippen LogP contribution in [-0.4, -0.2) is 76.2 Å². The summed E-state index contributed by atoms with van der Waals surface area (Å²) >= 11 is 0. The molecule has 42 heavy (non-hydrogen) atoms. The number of fused-ring (bicyclic) bond motifs is 3. The van der Waals surface area contributed by atoms with Gasteiger partial charge >= 0.3 is 0 Å². The number of aromatic hydroxyl groups is 1. The highest BCUT2D eigenvalue weighted by Crippen LogP contribution is 2.56. The van der Waals surface area contributed by atoms with Crippen LogP contribution in [0.3, 0.4) is 0 Å². The Morgan fingerprint density at radius 2 is 1.71 bits per heavy atom. The summed E-state index contributed by atoms with van der Waals surface area (Å²) in [5.74, 6) is -11.1. The Balaban J connectivity index is 1.77. The van der Waals surface area contributed by atoms with Gasteiger partial charge in [-0.15, -0.1) is 0 Å². The average molecular weight is 573 g/mol. The van der Waals surface area contributed by atoms with Gasteiger partial charge in [0.05, 0.1) is 23.2 Å². The Kier molecular flexibility index (Phi) is 6.24. The predicted molar refractivity (Wildman–Crippen MR) is 145 cm³/mol. The molecule has 216 valence electrons. The van der Waals surface area contributed by atoms with Crippen molar-refractivity contribution in [1.29, 1.82) is 5.26 Å². The highest BCUT2D eigenvalue weighted by Gasteiger charge is 2.78. The first-order valence-corrected chi connectivity index (χ1v) is 12.9. The maximum Gasteiger partial charge on any atom is 0.248 e. The molecule has 0 saturated heterocycles. The summed E-state index contributed by atoms with van der Waals surface area (Å²) in [5.41, 5.74) is 18.7. The third kappa shape index (κ3) is 3.46. The van der Waals surface area contributed by atoms with E-state index in [9.17, 15) is 39.1 Å². The summed E-state index contributed by atoms with van der Waals surface area (Å²) < 4.78 is 0. The first-order chi connectivity index (χ1) is 19.6. The van der Waals surface area contributed by atoms with Gasteiger partial charge in [0.15, 0.2) is 34.5 Å². The molecule has 2 fully saturated rings. The normalized spacial score (nSPS) is 32.0. The highest BCUT2D eigenvalue weighted by atomic mass is 16.3. The number of phenolic OH excluding ortho intramolecular Hbond substituents is 1. The molecule has 2 saturated carbocycles. The van der Waals surface area contributed by atoms with E-state index in [0.29, 0.717) is 11.1 Å². The van der Waals surface area contributed by atoms with Crippen molar-refractivity contribution in [1.82, 2.24) is 4.90 Å². The number of carbonyl (C=O) groups is 6. The summed E-state index contributed by atoms with van der Waals surface area (Å²) in [5, 5.41) is 21.3. The number of nitriles is 1. The number of amides is 2. The Morgan fingerprint density at radius 3 is 2.29 bits per heavy atom. The van der Waals surface area contributed by atoms with Gasteiger partial charge in [-0.3, -0.25) is 33.7 Å². The summed E-state index contributed by atoms with van der Waals surface area (Å²) in [6, 6.07) is 9.15. The van der Waals surface area contributed by atoms with Crippen LogP contribution in [0, 0.1) is 28.6 Å². The molecule has 2 aromatic carbocycles. The number of ketones is 4. The van der Waals surface area contributed by atoms with Crippen LogP contribution >= 0.6 is 0 Å². The largest absolute Gasteiger partial charge is 0.507 e. The summed E-state index contributed by atoms with van der Waals surface area (Å²) in [4.78, 5) is 81.2. The van der Waals surface area contributed by atoms with E-state index in [1.54, 1.807) is 18.2 Å². The third-order valence-corrected chi connectivity index (χ3v) is 8.93. The second-order valence-electron chi connectivity index (χ2n) is 11.5. The topological polar surface area (TPSA) is 254 Å². The van der Waals surface area contributed by atoms with Crippen molar-refractivity contribution in [3.8, 4) is 22.9 Å². The molecular formula is C29H28N6O7. The molecule has 2 amide bonds. The Hall–Kier alpha value is -4.77. The number of benzene rings is 2. The molecule has 2 aromatic rings. The van der Waals surface area contributed by atoms with Crippen LogP contribution < -0.4 is 22.9 Å². The van der Waals surface area contributed by atoms with Gasteiger partial charge in [0.2, 0.25) is 11.8 Å². The minimum atomic E-state index is -2.82. The number of phenols is 1. The molecule has 2 unspecified atom stereocenters. The molecule has 0 radical (unpaired) electrons. The van der Waals surface area contributed by atoms with Gasteiger partial charge < -0.3 is 28.0 Å². The summed E-state index contributed by atoms with van der Waals surface area (Å²) in [7, 11) is 2.85. The number of rotatable bonds is 4. The number of primary amides is 2. The van der Waals surface area contributed by atoms with Crippen molar-refractivity contribution >= 4 is 34.9 Å². The number of hydrogen-bond acceptors (Lipinski definition) is 11. The van der Waals surface area contributed by atoms with Gasteiger partial charge in [0.1, 0.15) is 11.7 Å².